The van der Waals surface area contributed by atoms with E-state index in [9.17, 15) is 5.11 Å². The minimum Gasteiger partial charge on any atom is -0.506 e. The Kier molecular flexibility index (Phi) is 3.33. The molecule has 0 aliphatic carbocycles. The topological polar surface area (TPSA) is 46.2 Å². The van der Waals surface area contributed by atoms with E-state index in [0.717, 1.165) is 15.6 Å². The van der Waals surface area contributed by atoms with Gasteiger partial charge in [0.1, 0.15) is 5.75 Å². The van der Waals surface area contributed by atoms with Gasteiger partial charge in [0.15, 0.2) is 0 Å². The number of nitrogens with two attached hydrogens (primary N) is 1. The molecule has 0 saturated carbocycles. The maximum atomic E-state index is 9.51. The molecule has 0 radical (unpaired) electrons. The molecule has 1 rings (SSSR count). The van der Waals surface area contributed by atoms with E-state index in [0.29, 0.717) is 18.2 Å². The van der Waals surface area contributed by atoms with Crippen molar-refractivity contribution < 1.29 is 5.11 Å². The lowest BCUT2D eigenvalue weighted by Crippen LogP contribution is -2.08. The summed E-state index contributed by atoms with van der Waals surface area (Å²) < 4.78 is 0.739. The monoisotopic (exact) mass is 243 g/mol. The van der Waals surface area contributed by atoms with Crippen molar-refractivity contribution in [3.05, 3.63) is 27.7 Å². The second-order valence-corrected chi connectivity index (χ2v) is 4.16. The van der Waals surface area contributed by atoms with Crippen molar-refractivity contribution in [3.8, 4) is 5.75 Å². The molecule has 1 unspecified atom stereocenters. The van der Waals surface area contributed by atoms with Crippen LogP contribution < -0.4 is 5.73 Å². The van der Waals surface area contributed by atoms with Crippen molar-refractivity contribution in [2.45, 2.75) is 19.8 Å². The van der Waals surface area contributed by atoms with Crippen molar-refractivity contribution in [1.29, 1.82) is 0 Å². The lowest BCUT2D eigenvalue weighted by molar-refractivity contribution is 0.467. The molecule has 1 aromatic carbocycles. The van der Waals surface area contributed by atoms with Gasteiger partial charge in [0, 0.05) is 0 Å². The summed E-state index contributed by atoms with van der Waals surface area (Å²) in [5, 5.41) is 9.51. The number of halogens is 1. The van der Waals surface area contributed by atoms with Gasteiger partial charge in [0.25, 0.3) is 0 Å². The average molecular weight is 244 g/mol. The molecule has 0 heterocycles. The zero-order valence-electron chi connectivity index (χ0n) is 7.84. The van der Waals surface area contributed by atoms with E-state index in [1.807, 2.05) is 19.1 Å². The van der Waals surface area contributed by atoms with Crippen LogP contribution in [0, 0.1) is 6.92 Å². The number of aryl methyl sites for hydroxylation is 1. The molecule has 0 aromatic heterocycles. The van der Waals surface area contributed by atoms with Gasteiger partial charge < -0.3 is 10.8 Å². The van der Waals surface area contributed by atoms with Crippen molar-refractivity contribution in [1.82, 2.24) is 0 Å². The van der Waals surface area contributed by atoms with Crippen molar-refractivity contribution in [2.24, 2.45) is 5.73 Å². The predicted octanol–water partition coefficient (Wildman–Crippen LogP) is 2.53. The first kappa shape index (κ1) is 10.5. The Balaban J connectivity index is 3.13. The molecule has 3 heteroatoms. The van der Waals surface area contributed by atoms with Gasteiger partial charge in [-0.25, -0.2) is 0 Å². The lowest BCUT2D eigenvalue weighted by Gasteiger charge is -2.11. The number of hydrogen-bond acceptors (Lipinski definition) is 2. The summed E-state index contributed by atoms with van der Waals surface area (Å²) in [7, 11) is 0. The highest BCUT2D eigenvalue weighted by Crippen LogP contribution is 2.31. The predicted molar refractivity (Wildman–Crippen MR) is 58.0 cm³/mol. The van der Waals surface area contributed by atoms with Gasteiger partial charge in [-0.05, 0) is 52.5 Å². The summed E-state index contributed by atoms with van der Waals surface area (Å²) in [5.41, 5.74) is 7.60. The summed E-state index contributed by atoms with van der Waals surface area (Å²) in [6, 6.07) is 3.89. The van der Waals surface area contributed by atoms with Crippen LogP contribution in [0.15, 0.2) is 16.6 Å². The second kappa shape index (κ2) is 4.11. The highest BCUT2D eigenvalue weighted by molar-refractivity contribution is 9.10. The van der Waals surface area contributed by atoms with E-state index in [2.05, 4.69) is 22.9 Å². The molecule has 1 atom stereocenters. The average Bonchev–Trinajstić information content (AvgIpc) is 2.12. The van der Waals surface area contributed by atoms with Crippen LogP contribution in [0.5, 0.6) is 5.75 Å². The summed E-state index contributed by atoms with van der Waals surface area (Å²) in [6.45, 7) is 4.57. The Morgan fingerprint density at radius 3 is 2.62 bits per heavy atom. The Morgan fingerprint density at radius 1 is 1.54 bits per heavy atom. The molecule has 1 aromatic rings. The fourth-order valence-electron chi connectivity index (χ4n) is 1.18. The van der Waals surface area contributed by atoms with Gasteiger partial charge in [-0.2, -0.15) is 0 Å². The van der Waals surface area contributed by atoms with Crippen LogP contribution in [0.2, 0.25) is 0 Å². The summed E-state index contributed by atoms with van der Waals surface area (Å²) >= 11 is 3.30. The smallest absolute Gasteiger partial charge is 0.132 e. The molecule has 0 saturated heterocycles. The first-order valence-electron chi connectivity index (χ1n) is 4.25. The molecule has 2 nitrogen and oxygen atoms in total. The third-order valence-corrected chi connectivity index (χ3v) is 2.80. The molecular formula is C10H14BrNO. The molecule has 0 aliphatic heterocycles. The standard InChI is InChI=1S/C10H14BrNO/c1-6-3-8(7(2)5-12)4-9(11)10(6)13/h3-4,7,13H,5,12H2,1-2H3. The summed E-state index contributed by atoms with van der Waals surface area (Å²) in [4.78, 5) is 0. The molecule has 0 bridgehead atoms. The lowest BCUT2D eigenvalue weighted by atomic mass is 9.99. The highest BCUT2D eigenvalue weighted by Gasteiger charge is 2.08. The van der Waals surface area contributed by atoms with Gasteiger partial charge >= 0.3 is 0 Å². The van der Waals surface area contributed by atoms with Crippen molar-refractivity contribution in [3.63, 3.8) is 0 Å². The molecule has 0 fully saturated rings. The largest absolute Gasteiger partial charge is 0.506 e. The van der Waals surface area contributed by atoms with Crippen molar-refractivity contribution >= 4 is 15.9 Å². The molecule has 13 heavy (non-hydrogen) atoms. The van der Waals surface area contributed by atoms with Crippen LogP contribution >= 0.6 is 15.9 Å². The molecule has 72 valence electrons. The molecular weight excluding hydrogens is 230 g/mol. The van der Waals surface area contributed by atoms with E-state index >= 15 is 0 Å². The Morgan fingerprint density at radius 2 is 2.15 bits per heavy atom. The zero-order chi connectivity index (χ0) is 10.0. The number of aromatic hydroxyl groups is 1. The van der Waals surface area contributed by atoms with Gasteiger partial charge in [-0.15, -0.1) is 0 Å². The molecule has 0 spiro atoms. The molecule has 0 aliphatic rings. The van der Waals surface area contributed by atoms with Crippen LogP contribution in [0.25, 0.3) is 0 Å². The number of rotatable bonds is 2. The van der Waals surface area contributed by atoms with E-state index in [1.54, 1.807) is 0 Å². The van der Waals surface area contributed by atoms with E-state index in [4.69, 9.17) is 5.73 Å². The summed E-state index contributed by atoms with van der Waals surface area (Å²) in [5.74, 6) is 0.642. The fourth-order valence-corrected chi connectivity index (χ4v) is 1.76. The quantitative estimate of drug-likeness (QED) is 0.839. The highest BCUT2D eigenvalue weighted by atomic mass is 79.9. The van der Waals surface area contributed by atoms with Crippen LogP contribution in [-0.4, -0.2) is 11.7 Å². The zero-order valence-corrected chi connectivity index (χ0v) is 9.43. The van der Waals surface area contributed by atoms with Crippen LogP contribution in [0.4, 0.5) is 0 Å². The van der Waals surface area contributed by atoms with Gasteiger partial charge in [0.2, 0.25) is 0 Å². The number of benzene rings is 1. The first-order valence-corrected chi connectivity index (χ1v) is 5.04. The first-order chi connectivity index (χ1) is 6.06. The van der Waals surface area contributed by atoms with E-state index < -0.39 is 0 Å². The Hall–Kier alpha value is -0.540. The van der Waals surface area contributed by atoms with Gasteiger partial charge in [0.05, 0.1) is 4.47 Å². The van der Waals surface area contributed by atoms with Gasteiger partial charge in [-0.1, -0.05) is 13.0 Å². The van der Waals surface area contributed by atoms with Crippen LogP contribution in [0.1, 0.15) is 24.0 Å². The molecule has 0 amide bonds. The number of phenolic OH excluding ortho intramolecular Hbond substituents is 1. The van der Waals surface area contributed by atoms with E-state index in [1.165, 1.54) is 0 Å². The number of phenols is 1. The molecule has 3 N–H and O–H groups in total. The SMILES string of the molecule is Cc1cc(C(C)CN)cc(Br)c1O. The van der Waals surface area contributed by atoms with Gasteiger partial charge in [-0.3, -0.25) is 0 Å². The third-order valence-electron chi connectivity index (χ3n) is 2.20. The second-order valence-electron chi connectivity index (χ2n) is 3.30. The van der Waals surface area contributed by atoms with Crippen LogP contribution in [0.3, 0.4) is 0 Å². The van der Waals surface area contributed by atoms with Crippen LogP contribution in [-0.2, 0) is 0 Å². The Bertz CT molecular complexity index is 289. The van der Waals surface area contributed by atoms with E-state index in [-0.39, 0.29) is 0 Å². The fraction of sp³-hybridized carbons (Fsp3) is 0.400. The van der Waals surface area contributed by atoms with Crippen molar-refractivity contribution in [2.75, 3.05) is 6.54 Å². The minimum atomic E-state index is 0.313. The maximum Gasteiger partial charge on any atom is 0.132 e. The number of hydrogen-bond donors (Lipinski definition) is 2. The third kappa shape index (κ3) is 2.23. The Labute approximate surface area is 86.9 Å². The maximum absolute atomic E-state index is 9.51. The normalized spacial score (nSPS) is 12.9. The minimum absolute atomic E-state index is 0.313. The summed E-state index contributed by atoms with van der Waals surface area (Å²) in [6.07, 6.45) is 0.